The molecule has 5 heteroatoms. The molecule has 0 aliphatic heterocycles. The minimum atomic E-state index is -0.392. The van der Waals surface area contributed by atoms with E-state index in [4.69, 9.17) is 10.5 Å². The van der Waals surface area contributed by atoms with Crippen molar-refractivity contribution in [2.75, 3.05) is 5.73 Å². The summed E-state index contributed by atoms with van der Waals surface area (Å²) in [6, 6.07) is 7.53. The van der Waals surface area contributed by atoms with E-state index in [2.05, 4.69) is 16.9 Å². The highest BCUT2D eigenvalue weighted by Gasteiger charge is 2.03. The zero-order chi connectivity index (χ0) is 12.3. The topological polar surface area (TPSA) is 81.0 Å². The maximum atomic E-state index is 11.5. The van der Waals surface area contributed by atoms with Gasteiger partial charge in [-0.15, -0.1) is 0 Å². The molecule has 0 aliphatic carbocycles. The lowest BCUT2D eigenvalue weighted by molar-refractivity contribution is 0.472. The number of aromatic nitrogens is 2. The number of anilines is 1. The maximum absolute atomic E-state index is 11.5. The van der Waals surface area contributed by atoms with Crippen LogP contribution in [0.25, 0.3) is 0 Å². The lowest BCUT2D eigenvalue weighted by Gasteiger charge is -2.05. The molecule has 0 atom stereocenters. The highest BCUT2D eigenvalue weighted by atomic mass is 16.5. The maximum Gasteiger partial charge on any atom is 0.295 e. The standard InChI is InChI=1S/C12H13N3O2/c1-2-8-3-5-9(6-4-8)17-10-7-14-12(13)15-11(10)16/h3-7H,2H2,1H3,(H3,13,14,15,16). The first-order valence-corrected chi connectivity index (χ1v) is 5.30. The summed E-state index contributed by atoms with van der Waals surface area (Å²) in [5, 5.41) is 0. The van der Waals surface area contributed by atoms with Gasteiger partial charge in [-0.1, -0.05) is 19.1 Å². The molecule has 5 nitrogen and oxygen atoms in total. The summed E-state index contributed by atoms with van der Waals surface area (Å²) in [6.45, 7) is 2.07. The van der Waals surface area contributed by atoms with Crippen LogP contribution >= 0.6 is 0 Å². The Bertz CT molecular complexity index is 561. The highest BCUT2D eigenvalue weighted by Crippen LogP contribution is 2.18. The second-order valence-electron chi connectivity index (χ2n) is 3.56. The predicted octanol–water partition coefficient (Wildman–Crippen LogP) is 1.71. The molecule has 2 aromatic rings. The molecule has 1 aromatic carbocycles. The van der Waals surface area contributed by atoms with E-state index >= 15 is 0 Å². The molecule has 17 heavy (non-hydrogen) atoms. The summed E-state index contributed by atoms with van der Waals surface area (Å²) in [6.07, 6.45) is 2.27. The van der Waals surface area contributed by atoms with Gasteiger partial charge < -0.3 is 10.5 Å². The number of nitrogens with two attached hydrogens (primary N) is 1. The Morgan fingerprint density at radius 1 is 1.35 bits per heavy atom. The van der Waals surface area contributed by atoms with Crippen LogP contribution in [0.15, 0.2) is 35.3 Å². The fraction of sp³-hybridized carbons (Fsp3) is 0.167. The molecule has 1 heterocycles. The van der Waals surface area contributed by atoms with Crippen molar-refractivity contribution in [3.8, 4) is 11.5 Å². The van der Waals surface area contributed by atoms with Gasteiger partial charge in [-0.3, -0.25) is 9.78 Å². The summed E-state index contributed by atoms with van der Waals surface area (Å²) >= 11 is 0. The molecule has 1 aromatic heterocycles. The first-order chi connectivity index (χ1) is 8.19. The van der Waals surface area contributed by atoms with Gasteiger partial charge in [0.05, 0.1) is 6.20 Å². The molecule has 88 valence electrons. The van der Waals surface area contributed by atoms with Gasteiger partial charge in [0.2, 0.25) is 5.75 Å². The minimum Gasteiger partial charge on any atom is -0.450 e. The molecule has 0 saturated carbocycles. The van der Waals surface area contributed by atoms with E-state index < -0.39 is 5.56 Å². The third kappa shape index (κ3) is 2.63. The van der Waals surface area contributed by atoms with E-state index in [9.17, 15) is 4.79 Å². The van der Waals surface area contributed by atoms with Crippen LogP contribution < -0.4 is 16.0 Å². The van der Waals surface area contributed by atoms with Crippen molar-refractivity contribution in [2.45, 2.75) is 13.3 Å². The lowest BCUT2D eigenvalue weighted by atomic mass is 10.2. The third-order valence-electron chi connectivity index (χ3n) is 2.35. The van der Waals surface area contributed by atoms with Gasteiger partial charge in [0.1, 0.15) is 5.75 Å². The van der Waals surface area contributed by atoms with Gasteiger partial charge in [0.25, 0.3) is 5.56 Å². The van der Waals surface area contributed by atoms with Crippen molar-refractivity contribution >= 4 is 5.95 Å². The average Bonchev–Trinajstić information content (AvgIpc) is 2.34. The third-order valence-corrected chi connectivity index (χ3v) is 2.35. The second-order valence-corrected chi connectivity index (χ2v) is 3.56. The Hall–Kier alpha value is -2.30. The van der Waals surface area contributed by atoms with Crippen LogP contribution in [0.3, 0.4) is 0 Å². The van der Waals surface area contributed by atoms with Crippen molar-refractivity contribution < 1.29 is 4.74 Å². The van der Waals surface area contributed by atoms with Gasteiger partial charge in [0.15, 0.2) is 5.95 Å². The van der Waals surface area contributed by atoms with Crippen molar-refractivity contribution in [3.05, 3.63) is 46.4 Å². The lowest BCUT2D eigenvalue weighted by Crippen LogP contribution is -2.12. The minimum absolute atomic E-state index is 0.0729. The SMILES string of the molecule is CCc1ccc(Oc2cnc(N)[nH]c2=O)cc1. The number of benzene rings is 1. The number of nitrogens with zero attached hydrogens (tertiary/aromatic N) is 1. The number of ether oxygens (including phenoxy) is 1. The molecule has 0 saturated heterocycles. The Kier molecular flexibility index (Phi) is 3.09. The highest BCUT2D eigenvalue weighted by molar-refractivity contribution is 5.32. The van der Waals surface area contributed by atoms with E-state index in [1.807, 2.05) is 24.3 Å². The molecular formula is C12H13N3O2. The van der Waals surface area contributed by atoms with Crippen LogP contribution in [-0.2, 0) is 6.42 Å². The zero-order valence-electron chi connectivity index (χ0n) is 9.43. The smallest absolute Gasteiger partial charge is 0.295 e. The summed E-state index contributed by atoms with van der Waals surface area (Å²) in [5.41, 5.74) is 6.15. The number of H-pyrrole nitrogens is 1. The number of aromatic amines is 1. The molecule has 0 unspecified atom stereocenters. The van der Waals surface area contributed by atoms with Crippen molar-refractivity contribution in [2.24, 2.45) is 0 Å². The molecular weight excluding hydrogens is 218 g/mol. The largest absolute Gasteiger partial charge is 0.450 e. The molecule has 0 aliphatic rings. The van der Waals surface area contributed by atoms with Crippen LogP contribution in [0, 0.1) is 0 Å². The molecule has 3 N–H and O–H groups in total. The fourth-order valence-electron chi connectivity index (χ4n) is 1.39. The fourth-order valence-corrected chi connectivity index (χ4v) is 1.39. The van der Waals surface area contributed by atoms with Crippen LogP contribution in [0.5, 0.6) is 11.5 Å². The number of rotatable bonds is 3. The van der Waals surface area contributed by atoms with E-state index in [-0.39, 0.29) is 11.7 Å². The van der Waals surface area contributed by atoms with E-state index in [1.165, 1.54) is 11.8 Å². The van der Waals surface area contributed by atoms with Crippen molar-refractivity contribution in [1.29, 1.82) is 0 Å². The summed E-state index contributed by atoms with van der Waals surface area (Å²) in [5.74, 6) is 0.798. The predicted molar refractivity (Wildman–Crippen MR) is 65.2 cm³/mol. The van der Waals surface area contributed by atoms with Gasteiger partial charge in [0, 0.05) is 0 Å². The summed E-state index contributed by atoms with van der Waals surface area (Å²) in [4.78, 5) is 17.6. The molecule has 0 radical (unpaired) electrons. The van der Waals surface area contributed by atoms with Gasteiger partial charge in [-0.25, -0.2) is 4.98 Å². The second kappa shape index (κ2) is 4.69. The number of hydrogen-bond donors (Lipinski definition) is 2. The van der Waals surface area contributed by atoms with Gasteiger partial charge >= 0.3 is 0 Å². The monoisotopic (exact) mass is 231 g/mol. The quantitative estimate of drug-likeness (QED) is 0.842. The van der Waals surface area contributed by atoms with Crippen LogP contribution in [0.2, 0.25) is 0 Å². The Morgan fingerprint density at radius 2 is 2.06 bits per heavy atom. The molecule has 0 fully saturated rings. The molecule has 2 rings (SSSR count). The number of aryl methyl sites for hydroxylation is 1. The van der Waals surface area contributed by atoms with Crippen LogP contribution in [0.4, 0.5) is 5.95 Å². The molecule has 0 bridgehead atoms. The zero-order valence-corrected chi connectivity index (χ0v) is 9.43. The Morgan fingerprint density at radius 3 is 2.65 bits per heavy atom. The van der Waals surface area contributed by atoms with Gasteiger partial charge in [-0.05, 0) is 24.1 Å². The first-order valence-electron chi connectivity index (χ1n) is 5.30. The van der Waals surface area contributed by atoms with Gasteiger partial charge in [-0.2, -0.15) is 0 Å². The first kappa shape index (κ1) is 11.2. The van der Waals surface area contributed by atoms with Crippen molar-refractivity contribution in [1.82, 2.24) is 9.97 Å². The van der Waals surface area contributed by atoms with Crippen molar-refractivity contribution in [3.63, 3.8) is 0 Å². The van der Waals surface area contributed by atoms with Crippen LogP contribution in [-0.4, -0.2) is 9.97 Å². The Balaban J connectivity index is 2.22. The Labute approximate surface area is 98.3 Å². The number of nitrogens with one attached hydrogen (secondary N) is 1. The van der Waals surface area contributed by atoms with E-state index in [1.54, 1.807) is 0 Å². The normalized spacial score (nSPS) is 10.2. The average molecular weight is 231 g/mol. The molecule has 0 spiro atoms. The van der Waals surface area contributed by atoms with E-state index in [0.29, 0.717) is 5.75 Å². The van der Waals surface area contributed by atoms with E-state index in [0.717, 1.165) is 6.42 Å². The molecule has 0 amide bonds. The number of hydrogen-bond acceptors (Lipinski definition) is 4. The number of nitrogen functional groups attached to an aromatic ring is 1. The summed E-state index contributed by atoms with van der Waals surface area (Å²) in [7, 11) is 0. The van der Waals surface area contributed by atoms with Crippen LogP contribution in [0.1, 0.15) is 12.5 Å². The summed E-state index contributed by atoms with van der Waals surface area (Å²) < 4.78 is 5.40.